The number of esters is 1. The molecule has 3 rings (SSSR count). The van der Waals surface area contributed by atoms with E-state index >= 15 is 0 Å². The van der Waals surface area contributed by atoms with Crippen molar-refractivity contribution >= 4 is 5.97 Å². The fraction of sp³-hybridized carbons (Fsp3) is 0.429. The molecule has 2 aromatic rings. The van der Waals surface area contributed by atoms with E-state index in [1.165, 1.54) is 32.4 Å². The fourth-order valence-corrected chi connectivity index (χ4v) is 3.37. The van der Waals surface area contributed by atoms with Gasteiger partial charge in [-0.25, -0.2) is 0 Å². The Morgan fingerprint density at radius 1 is 1.20 bits per heavy atom. The number of methoxy groups -OCH3 is 2. The van der Waals surface area contributed by atoms with Crippen molar-refractivity contribution in [2.24, 2.45) is 0 Å². The summed E-state index contributed by atoms with van der Waals surface area (Å²) in [5.74, 6) is -1.49. The fourth-order valence-electron chi connectivity index (χ4n) is 3.37. The second kappa shape index (κ2) is 9.64. The highest BCUT2D eigenvalue weighted by Crippen LogP contribution is 2.37. The minimum atomic E-state index is -0.815. The number of carbonyl (C=O) groups is 1. The maximum Gasteiger partial charge on any atom is 0.306 e. The Labute approximate surface area is 173 Å². The number of ether oxygens (including phenoxy) is 3. The third-order valence-electron chi connectivity index (χ3n) is 5.00. The van der Waals surface area contributed by atoms with E-state index in [1.54, 1.807) is 6.07 Å². The van der Waals surface area contributed by atoms with E-state index in [0.29, 0.717) is 44.2 Å². The molecule has 2 N–H and O–H groups in total. The summed E-state index contributed by atoms with van der Waals surface area (Å²) in [6, 6.07) is 5.75. The largest absolute Gasteiger partial charge is 0.504 e. The number of carbonyl (C=O) groups excluding carboxylic acids is 1. The number of morpholine rings is 1. The van der Waals surface area contributed by atoms with Crippen LogP contribution in [0.5, 0.6) is 17.2 Å². The van der Waals surface area contributed by atoms with Gasteiger partial charge >= 0.3 is 5.97 Å². The molecular formula is C21H25NO8. The topological polar surface area (TPSA) is 119 Å². The van der Waals surface area contributed by atoms with Crippen LogP contribution in [-0.2, 0) is 20.8 Å². The first kappa shape index (κ1) is 21.7. The molecule has 1 aromatic carbocycles. The third-order valence-corrected chi connectivity index (χ3v) is 5.00. The van der Waals surface area contributed by atoms with Crippen molar-refractivity contribution in [2.45, 2.75) is 18.9 Å². The summed E-state index contributed by atoms with van der Waals surface area (Å²) in [7, 11) is 2.65. The predicted octanol–water partition coefficient (Wildman–Crippen LogP) is 1.59. The molecule has 9 nitrogen and oxygen atoms in total. The van der Waals surface area contributed by atoms with Gasteiger partial charge in [0.1, 0.15) is 5.76 Å². The van der Waals surface area contributed by atoms with Gasteiger partial charge < -0.3 is 28.8 Å². The molecule has 0 bridgehead atoms. The molecule has 0 spiro atoms. The van der Waals surface area contributed by atoms with Gasteiger partial charge in [-0.3, -0.25) is 14.5 Å². The zero-order valence-electron chi connectivity index (χ0n) is 16.9. The normalized spacial score (nSPS) is 15.5. The zero-order valence-corrected chi connectivity index (χ0v) is 16.9. The van der Waals surface area contributed by atoms with E-state index < -0.39 is 23.1 Å². The van der Waals surface area contributed by atoms with Crippen molar-refractivity contribution in [3.05, 3.63) is 51.6 Å². The number of phenolic OH excluding ortho intramolecular Hbond substituents is 1. The lowest BCUT2D eigenvalue weighted by molar-refractivity contribution is -0.140. The molecule has 0 saturated carbocycles. The Bertz CT molecular complexity index is 949. The molecule has 1 fully saturated rings. The van der Waals surface area contributed by atoms with Crippen molar-refractivity contribution in [1.29, 1.82) is 0 Å². The Morgan fingerprint density at radius 3 is 2.60 bits per heavy atom. The number of rotatable bonds is 7. The number of phenols is 1. The van der Waals surface area contributed by atoms with Crippen LogP contribution >= 0.6 is 0 Å². The maximum absolute atomic E-state index is 12.4. The maximum atomic E-state index is 12.4. The Kier molecular flexibility index (Phi) is 6.96. The lowest BCUT2D eigenvalue weighted by Gasteiger charge is -2.26. The average Bonchev–Trinajstić information content (AvgIpc) is 2.75. The minimum absolute atomic E-state index is 0.0381. The quantitative estimate of drug-likeness (QED) is 0.645. The molecule has 0 aliphatic carbocycles. The lowest BCUT2D eigenvalue weighted by Crippen LogP contribution is -2.35. The van der Waals surface area contributed by atoms with Gasteiger partial charge in [0, 0.05) is 19.2 Å². The van der Waals surface area contributed by atoms with Crippen LogP contribution in [0, 0.1) is 0 Å². The van der Waals surface area contributed by atoms with E-state index in [4.69, 9.17) is 18.6 Å². The number of nitrogens with zero attached hydrogens (tertiary/aromatic N) is 1. The number of hydrogen-bond donors (Lipinski definition) is 2. The molecule has 9 heteroatoms. The molecule has 1 aliphatic heterocycles. The number of aromatic hydroxyl groups is 2. The number of hydrogen-bond acceptors (Lipinski definition) is 9. The SMILES string of the molecule is COC(=O)CC(c1ccc(O)c(OC)c1)c1oc(CN2CCOCC2)cc(=O)c1O. The van der Waals surface area contributed by atoms with Crippen LogP contribution in [0.1, 0.15) is 29.4 Å². The van der Waals surface area contributed by atoms with Crippen LogP contribution in [-0.4, -0.2) is 61.6 Å². The van der Waals surface area contributed by atoms with Gasteiger partial charge in [0.2, 0.25) is 11.2 Å². The first-order valence-corrected chi connectivity index (χ1v) is 9.52. The molecule has 1 aliphatic rings. The summed E-state index contributed by atoms with van der Waals surface area (Å²) in [6.07, 6.45) is -0.179. The first-order valence-electron chi connectivity index (χ1n) is 9.52. The molecule has 162 valence electrons. The standard InChI is InChI=1S/C21H25NO8/c1-27-18-9-13(3-4-16(18)23)15(11-19(25)28-2)21-20(26)17(24)10-14(30-21)12-22-5-7-29-8-6-22/h3-4,9-10,15,23,26H,5-8,11-12H2,1-2H3. The van der Waals surface area contributed by atoms with Crippen LogP contribution < -0.4 is 10.2 Å². The highest BCUT2D eigenvalue weighted by molar-refractivity contribution is 5.71. The molecule has 0 radical (unpaired) electrons. The van der Waals surface area contributed by atoms with Crippen LogP contribution in [0.15, 0.2) is 33.5 Å². The van der Waals surface area contributed by atoms with E-state index in [-0.39, 0.29) is 23.7 Å². The molecule has 0 amide bonds. The van der Waals surface area contributed by atoms with Gasteiger partial charge in [-0.15, -0.1) is 0 Å². The molecule has 1 aromatic heterocycles. The van der Waals surface area contributed by atoms with Crippen LogP contribution in [0.3, 0.4) is 0 Å². The van der Waals surface area contributed by atoms with Gasteiger partial charge in [-0.2, -0.15) is 0 Å². The van der Waals surface area contributed by atoms with Crippen molar-refractivity contribution in [2.75, 3.05) is 40.5 Å². The van der Waals surface area contributed by atoms with Crippen molar-refractivity contribution < 1.29 is 33.6 Å². The van der Waals surface area contributed by atoms with E-state index in [0.717, 1.165) is 0 Å². The molecule has 30 heavy (non-hydrogen) atoms. The molecule has 1 unspecified atom stereocenters. The monoisotopic (exact) mass is 419 g/mol. The van der Waals surface area contributed by atoms with Crippen molar-refractivity contribution in [3.63, 3.8) is 0 Å². The van der Waals surface area contributed by atoms with Crippen LogP contribution in [0.25, 0.3) is 0 Å². The minimum Gasteiger partial charge on any atom is -0.504 e. The Balaban J connectivity index is 2.03. The molecule has 1 saturated heterocycles. The van der Waals surface area contributed by atoms with Gasteiger partial charge in [0.25, 0.3) is 0 Å². The third kappa shape index (κ3) is 4.92. The summed E-state index contributed by atoms with van der Waals surface area (Å²) in [5.41, 5.74) is -0.0860. The smallest absolute Gasteiger partial charge is 0.306 e. The first-order chi connectivity index (χ1) is 14.4. The number of benzene rings is 1. The lowest BCUT2D eigenvalue weighted by atomic mass is 9.92. The Morgan fingerprint density at radius 2 is 1.93 bits per heavy atom. The predicted molar refractivity (Wildman–Crippen MR) is 106 cm³/mol. The van der Waals surface area contributed by atoms with E-state index in [9.17, 15) is 19.8 Å². The van der Waals surface area contributed by atoms with Gasteiger partial charge in [-0.05, 0) is 17.7 Å². The van der Waals surface area contributed by atoms with Crippen molar-refractivity contribution in [3.8, 4) is 17.2 Å². The summed E-state index contributed by atoms with van der Waals surface area (Å²) in [4.78, 5) is 26.6. The molecule has 2 heterocycles. The van der Waals surface area contributed by atoms with E-state index in [1.807, 2.05) is 0 Å². The van der Waals surface area contributed by atoms with E-state index in [2.05, 4.69) is 4.90 Å². The highest BCUT2D eigenvalue weighted by Gasteiger charge is 2.28. The zero-order chi connectivity index (χ0) is 21.7. The summed E-state index contributed by atoms with van der Waals surface area (Å²) in [6.45, 7) is 2.94. The van der Waals surface area contributed by atoms with Gasteiger partial charge in [0.15, 0.2) is 17.3 Å². The van der Waals surface area contributed by atoms with Gasteiger partial charge in [0.05, 0.1) is 46.3 Å². The molecular weight excluding hydrogens is 394 g/mol. The van der Waals surface area contributed by atoms with Crippen LogP contribution in [0.4, 0.5) is 0 Å². The van der Waals surface area contributed by atoms with Crippen molar-refractivity contribution in [1.82, 2.24) is 4.90 Å². The second-order valence-corrected chi connectivity index (χ2v) is 6.94. The van der Waals surface area contributed by atoms with Gasteiger partial charge in [-0.1, -0.05) is 6.07 Å². The highest BCUT2D eigenvalue weighted by atomic mass is 16.5. The summed E-state index contributed by atoms with van der Waals surface area (Å²) >= 11 is 0. The average molecular weight is 419 g/mol. The summed E-state index contributed by atoms with van der Waals surface area (Å²) < 4.78 is 21.2. The Hall–Kier alpha value is -3.04. The van der Waals surface area contributed by atoms with Crippen LogP contribution in [0.2, 0.25) is 0 Å². The summed E-state index contributed by atoms with van der Waals surface area (Å²) in [5, 5.41) is 20.3. The molecule has 1 atom stereocenters. The second-order valence-electron chi connectivity index (χ2n) is 6.94.